The van der Waals surface area contributed by atoms with Crippen LogP contribution >= 0.6 is 0 Å². The number of anilines is 1. The van der Waals surface area contributed by atoms with Crippen molar-refractivity contribution in [1.29, 1.82) is 5.26 Å². The molecule has 2 aromatic carbocycles. The number of fused-ring (bicyclic) bond motifs is 1. The van der Waals surface area contributed by atoms with Crippen LogP contribution in [0.3, 0.4) is 0 Å². The van der Waals surface area contributed by atoms with E-state index in [0.717, 1.165) is 38.8 Å². The summed E-state index contributed by atoms with van der Waals surface area (Å²) in [5.41, 5.74) is -1.59. The number of carbonyl (C=O) groups excluding carboxylic acids is 2. The van der Waals surface area contributed by atoms with Crippen LogP contribution in [0, 0.1) is 23.2 Å². The summed E-state index contributed by atoms with van der Waals surface area (Å²) in [6, 6.07) is 14.7. The molecule has 1 aromatic heterocycles. The van der Waals surface area contributed by atoms with Gasteiger partial charge in [0.25, 0.3) is 15.9 Å². The van der Waals surface area contributed by atoms with Crippen molar-refractivity contribution in [3.05, 3.63) is 77.5 Å². The van der Waals surface area contributed by atoms with Crippen LogP contribution in [0.5, 0.6) is 11.6 Å². The maximum Gasteiger partial charge on any atom is 0.318 e. The Bertz CT molecular complexity index is 1800. The molecule has 0 aliphatic carbocycles. The van der Waals surface area contributed by atoms with Crippen LogP contribution in [0.25, 0.3) is 0 Å². The maximum atomic E-state index is 15.0. The molecule has 13 heteroatoms. The van der Waals surface area contributed by atoms with Gasteiger partial charge in [-0.05, 0) is 112 Å². The highest BCUT2D eigenvalue weighted by molar-refractivity contribution is 7.93. The third kappa shape index (κ3) is 5.76. The Labute approximate surface area is 274 Å². The topological polar surface area (TPSA) is 154 Å². The van der Waals surface area contributed by atoms with Gasteiger partial charge in [-0.15, -0.1) is 0 Å². The predicted octanol–water partition coefficient (Wildman–Crippen LogP) is 3.76. The lowest BCUT2D eigenvalue weighted by molar-refractivity contribution is -0.121. The van der Waals surface area contributed by atoms with E-state index in [2.05, 4.69) is 21.7 Å². The van der Waals surface area contributed by atoms with Crippen molar-refractivity contribution in [2.75, 3.05) is 44.2 Å². The minimum Gasteiger partial charge on any atom is -0.497 e. The molecular formula is C34H38N6O6S. The molecule has 12 nitrogen and oxygen atoms in total. The van der Waals surface area contributed by atoms with Gasteiger partial charge in [-0.3, -0.25) is 4.79 Å². The Hall–Kier alpha value is -4.67. The number of amides is 3. The monoisotopic (exact) mass is 658 g/mol. The Morgan fingerprint density at radius 1 is 1.06 bits per heavy atom. The van der Waals surface area contributed by atoms with E-state index >= 15 is 0 Å². The molecule has 2 saturated heterocycles. The predicted molar refractivity (Wildman–Crippen MR) is 173 cm³/mol. The summed E-state index contributed by atoms with van der Waals surface area (Å²) >= 11 is 0. The maximum absolute atomic E-state index is 15.0. The lowest BCUT2D eigenvalue weighted by atomic mass is 9.79. The molecule has 1 unspecified atom stereocenters. The van der Waals surface area contributed by atoms with Gasteiger partial charge in [0.2, 0.25) is 5.88 Å². The molecule has 246 valence electrons. The first-order chi connectivity index (χ1) is 22.7. The van der Waals surface area contributed by atoms with E-state index in [4.69, 9.17) is 9.47 Å². The van der Waals surface area contributed by atoms with Crippen LogP contribution in [0.2, 0.25) is 0 Å². The van der Waals surface area contributed by atoms with Crippen molar-refractivity contribution in [2.24, 2.45) is 11.8 Å². The van der Waals surface area contributed by atoms with E-state index in [0.29, 0.717) is 35.0 Å². The molecular weight excluding hydrogens is 620 g/mol. The fourth-order valence-electron chi connectivity index (χ4n) is 7.06. The number of nitriles is 1. The number of hydrogen-bond donors (Lipinski definition) is 2. The van der Waals surface area contributed by atoms with Gasteiger partial charge in [0.05, 0.1) is 41.5 Å². The van der Waals surface area contributed by atoms with Crippen molar-refractivity contribution in [3.8, 4) is 17.7 Å². The van der Waals surface area contributed by atoms with Gasteiger partial charge in [-0.1, -0.05) is 0 Å². The number of nitrogens with one attached hydrogen (secondary N) is 2. The van der Waals surface area contributed by atoms with Gasteiger partial charge >= 0.3 is 6.03 Å². The van der Waals surface area contributed by atoms with E-state index in [1.807, 2.05) is 0 Å². The second-order valence-electron chi connectivity index (χ2n) is 12.0. The number of pyridine rings is 1. The summed E-state index contributed by atoms with van der Waals surface area (Å²) in [4.78, 5) is 35.1. The van der Waals surface area contributed by atoms with E-state index < -0.39 is 27.5 Å². The number of aromatic nitrogens is 1. The summed E-state index contributed by atoms with van der Waals surface area (Å²) in [5.74, 6) is 0.685. The summed E-state index contributed by atoms with van der Waals surface area (Å²) in [5, 5.41) is 16.3. The lowest BCUT2D eigenvalue weighted by Gasteiger charge is -2.39. The number of hydrogen-bond acceptors (Lipinski definition) is 9. The normalized spacial score (nSPS) is 20.4. The number of likely N-dealkylation sites (tertiary alicyclic amines) is 1. The average Bonchev–Trinajstić information content (AvgIpc) is 3.36. The number of methoxy groups -OCH3 is 1. The molecule has 0 spiro atoms. The van der Waals surface area contributed by atoms with Crippen LogP contribution in [-0.4, -0.2) is 70.1 Å². The zero-order valence-corrected chi connectivity index (χ0v) is 27.3. The lowest BCUT2D eigenvalue weighted by Crippen LogP contribution is -2.58. The average molecular weight is 659 g/mol. The summed E-state index contributed by atoms with van der Waals surface area (Å²) in [6.07, 6.45) is 5.40. The molecule has 47 heavy (non-hydrogen) atoms. The van der Waals surface area contributed by atoms with Crippen LogP contribution in [-0.2, 0) is 20.4 Å². The summed E-state index contributed by atoms with van der Waals surface area (Å²) in [7, 11) is -3.05. The van der Waals surface area contributed by atoms with Crippen LogP contribution in [0.1, 0.15) is 49.3 Å². The molecule has 6 rings (SSSR count). The van der Waals surface area contributed by atoms with Gasteiger partial charge in [-0.25, -0.2) is 18.2 Å². The summed E-state index contributed by atoms with van der Waals surface area (Å²) < 4.78 is 40.3. The molecule has 3 aromatic rings. The molecule has 0 radical (unpaired) electrons. The Morgan fingerprint density at radius 2 is 1.77 bits per heavy atom. The van der Waals surface area contributed by atoms with Crippen molar-refractivity contribution >= 4 is 27.6 Å². The number of sulfonamides is 1. The first-order valence-corrected chi connectivity index (χ1v) is 17.3. The van der Waals surface area contributed by atoms with E-state index in [9.17, 15) is 23.3 Å². The van der Waals surface area contributed by atoms with Gasteiger partial charge in [0.15, 0.2) is 5.54 Å². The number of ether oxygens (including phenoxy) is 2. The molecule has 3 amide bonds. The van der Waals surface area contributed by atoms with E-state index in [-0.39, 0.29) is 39.8 Å². The molecule has 0 bridgehead atoms. The molecule has 1 atom stereocenters. The molecule has 4 heterocycles. The highest BCUT2D eigenvalue weighted by Crippen LogP contribution is 2.49. The fourth-order valence-corrected chi connectivity index (χ4v) is 8.52. The molecule has 3 aliphatic heterocycles. The highest BCUT2D eigenvalue weighted by atomic mass is 32.2. The second kappa shape index (κ2) is 13.2. The summed E-state index contributed by atoms with van der Waals surface area (Å²) in [6.45, 7) is 4.96. The molecule has 0 saturated carbocycles. The minimum atomic E-state index is -4.52. The Morgan fingerprint density at radius 3 is 2.43 bits per heavy atom. The zero-order chi connectivity index (χ0) is 33.2. The second-order valence-corrected chi connectivity index (χ2v) is 13.8. The van der Waals surface area contributed by atoms with E-state index in [1.54, 1.807) is 24.0 Å². The number of nitrogens with zero attached hydrogens (tertiary/aromatic N) is 4. The van der Waals surface area contributed by atoms with E-state index in [1.165, 1.54) is 55.8 Å². The molecule has 2 fully saturated rings. The Kier molecular flexibility index (Phi) is 9.07. The molecule has 3 aliphatic rings. The first-order valence-electron chi connectivity index (χ1n) is 15.9. The van der Waals surface area contributed by atoms with Gasteiger partial charge in [0.1, 0.15) is 5.75 Å². The number of urea groups is 1. The third-order valence-corrected chi connectivity index (χ3v) is 11.2. The van der Waals surface area contributed by atoms with Crippen molar-refractivity contribution in [3.63, 3.8) is 0 Å². The van der Waals surface area contributed by atoms with Crippen LogP contribution in [0.15, 0.2) is 65.7 Å². The standard InChI is InChI=1S/C34H38N6O6S/c1-3-46-31-28(5-4-16-37-31)34(38-33(42)39-19-14-25(15-20-39)24-12-17-36-18-13-24)29-21-23(22-35)6-11-30(29)40(32(34)41)47(43,44)27-9-7-26(45-2)8-10-27/h4-11,16,21,24-25,36H,3,12-15,17-20H2,1-2H3,(H,38,42). The van der Waals surface area contributed by atoms with Crippen LogP contribution < -0.4 is 24.4 Å². The minimum absolute atomic E-state index is 0.0148. The smallest absolute Gasteiger partial charge is 0.318 e. The highest BCUT2D eigenvalue weighted by Gasteiger charge is 2.59. The van der Waals surface area contributed by atoms with Crippen LogP contribution in [0.4, 0.5) is 10.5 Å². The number of piperidine rings is 2. The van der Waals surface area contributed by atoms with Crippen molar-refractivity contribution < 1.29 is 27.5 Å². The Balaban J connectivity index is 1.45. The molecule has 2 N–H and O–H groups in total. The third-order valence-electron chi connectivity index (χ3n) is 9.48. The largest absolute Gasteiger partial charge is 0.497 e. The number of rotatable bonds is 8. The van der Waals surface area contributed by atoms with Gasteiger partial charge in [0, 0.05) is 24.8 Å². The zero-order valence-electron chi connectivity index (χ0n) is 26.4. The van der Waals surface area contributed by atoms with Gasteiger partial charge in [-0.2, -0.15) is 9.57 Å². The number of benzene rings is 2. The van der Waals surface area contributed by atoms with Gasteiger partial charge < -0.3 is 25.0 Å². The van der Waals surface area contributed by atoms with Crippen molar-refractivity contribution in [1.82, 2.24) is 20.5 Å². The first kappa shape index (κ1) is 32.3. The van der Waals surface area contributed by atoms with Crippen molar-refractivity contribution in [2.45, 2.75) is 43.0 Å². The SMILES string of the molecule is CCOc1ncccc1C1(NC(=O)N2CCC(C3CCNCC3)CC2)C(=O)N(S(=O)(=O)c2ccc(OC)cc2)c2ccc(C#N)cc21. The number of carbonyl (C=O) groups is 2. The fraction of sp³-hybridized carbons (Fsp3) is 0.412. The quantitative estimate of drug-likeness (QED) is 0.368.